The Balaban J connectivity index is 2.03. The van der Waals surface area contributed by atoms with Crippen molar-refractivity contribution in [2.24, 2.45) is 10.4 Å². The second kappa shape index (κ2) is 11.8. The zero-order valence-corrected chi connectivity index (χ0v) is 17.7. The van der Waals surface area contributed by atoms with Crippen molar-refractivity contribution in [2.45, 2.75) is 58.9 Å². The summed E-state index contributed by atoms with van der Waals surface area (Å²) in [7, 11) is 1.65. The highest BCUT2D eigenvalue weighted by Gasteiger charge is 2.31. The van der Waals surface area contributed by atoms with Crippen molar-refractivity contribution in [1.29, 1.82) is 0 Å². The summed E-state index contributed by atoms with van der Waals surface area (Å²) in [5, 5.41) is 16.4. The van der Waals surface area contributed by atoms with Gasteiger partial charge in [-0.3, -0.25) is 0 Å². The fraction of sp³-hybridized carbons (Fsp3) is 0.682. The van der Waals surface area contributed by atoms with Crippen LogP contribution in [-0.2, 0) is 6.54 Å². The molecule has 0 bridgehead atoms. The molecular formula is C22H37N3O3. The molecule has 1 aliphatic rings. The van der Waals surface area contributed by atoms with E-state index in [1.54, 1.807) is 7.11 Å². The number of hydrogen-bond donors (Lipinski definition) is 3. The van der Waals surface area contributed by atoms with Gasteiger partial charge in [-0.15, -0.1) is 0 Å². The maximum Gasteiger partial charge on any atom is 0.191 e. The van der Waals surface area contributed by atoms with E-state index in [4.69, 9.17) is 14.5 Å². The first kappa shape index (κ1) is 22.3. The monoisotopic (exact) mass is 391 g/mol. The number of aliphatic imine (C=N–C) groups is 1. The summed E-state index contributed by atoms with van der Waals surface area (Å²) >= 11 is 0. The molecule has 0 unspecified atom stereocenters. The summed E-state index contributed by atoms with van der Waals surface area (Å²) in [5.41, 5.74) is 1.26. The Kier molecular flexibility index (Phi) is 9.41. The van der Waals surface area contributed by atoms with Gasteiger partial charge in [0.05, 0.1) is 20.3 Å². The summed E-state index contributed by atoms with van der Waals surface area (Å²) < 4.78 is 11.0. The van der Waals surface area contributed by atoms with E-state index in [1.807, 2.05) is 25.1 Å². The normalized spacial score (nSPS) is 16.5. The number of guanidine groups is 1. The van der Waals surface area contributed by atoms with Crippen molar-refractivity contribution in [3.05, 3.63) is 23.8 Å². The van der Waals surface area contributed by atoms with Crippen LogP contribution in [0, 0.1) is 5.41 Å². The number of aliphatic hydroxyl groups excluding tert-OH is 1. The highest BCUT2D eigenvalue weighted by molar-refractivity contribution is 5.79. The smallest absolute Gasteiger partial charge is 0.191 e. The van der Waals surface area contributed by atoms with Crippen molar-refractivity contribution in [3.8, 4) is 11.5 Å². The zero-order chi connectivity index (χ0) is 20.2. The van der Waals surface area contributed by atoms with Gasteiger partial charge in [-0.2, -0.15) is 0 Å². The molecule has 6 nitrogen and oxygen atoms in total. The van der Waals surface area contributed by atoms with Crippen molar-refractivity contribution in [2.75, 3.05) is 33.4 Å². The van der Waals surface area contributed by atoms with Crippen molar-refractivity contribution in [1.82, 2.24) is 10.6 Å². The molecule has 1 aromatic carbocycles. The molecule has 0 radical (unpaired) electrons. The van der Waals surface area contributed by atoms with Gasteiger partial charge in [-0.1, -0.05) is 25.3 Å². The predicted octanol–water partition coefficient (Wildman–Crippen LogP) is 3.48. The van der Waals surface area contributed by atoms with Crippen LogP contribution in [0.5, 0.6) is 11.5 Å². The lowest BCUT2D eigenvalue weighted by Gasteiger charge is -2.37. The SMILES string of the molecule is CCNC(=NCc1ccc(OCC)c(OC)c1)NCC1(CCO)CCCCC1. The molecule has 158 valence electrons. The summed E-state index contributed by atoms with van der Waals surface area (Å²) in [6, 6.07) is 5.94. The van der Waals surface area contributed by atoms with E-state index in [2.05, 4.69) is 17.6 Å². The summed E-state index contributed by atoms with van der Waals surface area (Å²) in [5.74, 6) is 2.31. The lowest BCUT2D eigenvalue weighted by Crippen LogP contribution is -2.44. The van der Waals surface area contributed by atoms with Gasteiger partial charge in [0.15, 0.2) is 17.5 Å². The minimum atomic E-state index is 0.186. The Morgan fingerprint density at radius 1 is 1.14 bits per heavy atom. The van der Waals surface area contributed by atoms with Crippen LogP contribution in [0.1, 0.15) is 57.9 Å². The topological polar surface area (TPSA) is 75.1 Å². The fourth-order valence-corrected chi connectivity index (χ4v) is 3.92. The van der Waals surface area contributed by atoms with Crippen molar-refractivity contribution < 1.29 is 14.6 Å². The van der Waals surface area contributed by atoms with Gasteiger partial charge in [0, 0.05) is 19.7 Å². The maximum atomic E-state index is 9.52. The number of ether oxygens (including phenoxy) is 2. The van der Waals surface area contributed by atoms with Gasteiger partial charge in [-0.25, -0.2) is 4.99 Å². The minimum absolute atomic E-state index is 0.186. The second-order valence-electron chi connectivity index (χ2n) is 7.50. The molecule has 0 saturated heterocycles. The molecule has 1 aromatic rings. The Labute approximate surface area is 169 Å². The van der Waals surface area contributed by atoms with Crippen LogP contribution < -0.4 is 20.1 Å². The molecule has 2 rings (SSSR count). The summed E-state index contributed by atoms with van der Waals surface area (Å²) in [4.78, 5) is 4.75. The summed E-state index contributed by atoms with van der Waals surface area (Å²) in [6.45, 7) is 7.12. The molecule has 6 heteroatoms. The standard InChI is InChI=1S/C22H37N3O3/c1-4-23-21(25-17-22(13-14-26)11-7-6-8-12-22)24-16-18-9-10-19(28-5-2)20(15-18)27-3/h9-10,15,26H,4-8,11-14,16-17H2,1-3H3,(H2,23,24,25). The number of benzene rings is 1. The predicted molar refractivity (Wildman–Crippen MR) is 114 cm³/mol. The van der Waals surface area contributed by atoms with Crippen LogP contribution in [0.3, 0.4) is 0 Å². The average Bonchev–Trinajstić information content (AvgIpc) is 2.72. The van der Waals surface area contributed by atoms with Gasteiger partial charge in [-0.05, 0) is 56.2 Å². The van der Waals surface area contributed by atoms with Crippen LogP contribution in [-0.4, -0.2) is 44.5 Å². The lowest BCUT2D eigenvalue weighted by molar-refractivity contribution is 0.131. The van der Waals surface area contributed by atoms with Crippen molar-refractivity contribution >= 4 is 5.96 Å². The Morgan fingerprint density at radius 3 is 2.57 bits per heavy atom. The molecule has 1 aliphatic carbocycles. The van der Waals surface area contributed by atoms with Gasteiger partial charge >= 0.3 is 0 Å². The third-order valence-electron chi connectivity index (χ3n) is 5.48. The molecule has 0 atom stereocenters. The summed E-state index contributed by atoms with van der Waals surface area (Å²) in [6.07, 6.45) is 7.02. The van der Waals surface area contributed by atoms with Crippen LogP contribution >= 0.6 is 0 Å². The van der Waals surface area contributed by atoms with Gasteiger partial charge in [0.2, 0.25) is 0 Å². The minimum Gasteiger partial charge on any atom is -0.493 e. The molecule has 0 amide bonds. The van der Waals surface area contributed by atoms with Gasteiger partial charge in [0.1, 0.15) is 0 Å². The van der Waals surface area contributed by atoms with E-state index in [-0.39, 0.29) is 12.0 Å². The number of nitrogens with zero attached hydrogens (tertiary/aromatic N) is 1. The largest absolute Gasteiger partial charge is 0.493 e. The first-order valence-corrected chi connectivity index (χ1v) is 10.6. The highest BCUT2D eigenvalue weighted by Crippen LogP contribution is 2.38. The molecule has 1 saturated carbocycles. The molecular weight excluding hydrogens is 354 g/mol. The molecule has 0 aliphatic heterocycles. The third kappa shape index (κ3) is 6.59. The lowest BCUT2D eigenvalue weighted by atomic mass is 9.72. The van der Waals surface area contributed by atoms with Crippen LogP contribution in [0.2, 0.25) is 0 Å². The average molecular weight is 392 g/mol. The number of aliphatic hydroxyl groups is 1. The van der Waals surface area contributed by atoms with Crippen LogP contribution in [0.4, 0.5) is 0 Å². The number of hydrogen-bond acceptors (Lipinski definition) is 4. The van der Waals surface area contributed by atoms with E-state index >= 15 is 0 Å². The van der Waals surface area contributed by atoms with Crippen LogP contribution in [0.25, 0.3) is 0 Å². The Hall–Kier alpha value is -1.95. The van der Waals surface area contributed by atoms with E-state index in [0.717, 1.165) is 42.5 Å². The molecule has 28 heavy (non-hydrogen) atoms. The number of nitrogens with one attached hydrogen (secondary N) is 2. The molecule has 0 spiro atoms. The zero-order valence-electron chi connectivity index (χ0n) is 17.7. The first-order chi connectivity index (χ1) is 13.7. The van der Waals surface area contributed by atoms with Crippen LogP contribution in [0.15, 0.2) is 23.2 Å². The molecule has 0 heterocycles. The third-order valence-corrected chi connectivity index (χ3v) is 5.48. The molecule has 1 fully saturated rings. The quantitative estimate of drug-likeness (QED) is 0.421. The van der Waals surface area contributed by atoms with Crippen molar-refractivity contribution in [3.63, 3.8) is 0 Å². The maximum absolute atomic E-state index is 9.52. The van der Waals surface area contributed by atoms with E-state index in [9.17, 15) is 5.11 Å². The van der Waals surface area contributed by atoms with E-state index in [0.29, 0.717) is 13.2 Å². The molecule has 0 aromatic heterocycles. The Bertz CT molecular complexity index is 608. The Morgan fingerprint density at radius 2 is 1.93 bits per heavy atom. The fourth-order valence-electron chi connectivity index (χ4n) is 3.92. The number of rotatable bonds is 10. The molecule has 3 N–H and O–H groups in total. The first-order valence-electron chi connectivity index (χ1n) is 10.6. The van der Waals surface area contributed by atoms with Gasteiger partial charge in [0.25, 0.3) is 0 Å². The number of methoxy groups -OCH3 is 1. The second-order valence-corrected chi connectivity index (χ2v) is 7.50. The van der Waals surface area contributed by atoms with Gasteiger partial charge < -0.3 is 25.2 Å². The highest BCUT2D eigenvalue weighted by atomic mass is 16.5. The van der Waals surface area contributed by atoms with E-state index < -0.39 is 0 Å². The van der Waals surface area contributed by atoms with E-state index in [1.165, 1.54) is 32.1 Å².